The first-order chi connectivity index (χ1) is 5.16. The summed E-state index contributed by atoms with van der Waals surface area (Å²) in [6.45, 7) is 3.33. The first-order valence-electron chi connectivity index (χ1n) is 2.66. The molecular formula is C5H8N2O4. The molecule has 0 aliphatic heterocycles. The largest absolute Gasteiger partial charge is 0.443 e. The van der Waals surface area contributed by atoms with Crippen molar-refractivity contribution in [3.8, 4) is 0 Å². The van der Waals surface area contributed by atoms with Crippen LogP contribution in [0.2, 0.25) is 0 Å². The average molecular weight is 160 g/mol. The fourth-order valence-corrected chi connectivity index (χ4v) is 0.256. The van der Waals surface area contributed by atoms with Crippen molar-refractivity contribution in [2.24, 2.45) is 5.73 Å². The normalized spacial score (nSPS) is 8.00. The van der Waals surface area contributed by atoms with Crippen molar-refractivity contribution in [3.63, 3.8) is 0 Å². The van der Waals surface area contributed by atoms with Crippen molar-refractivity contribution in [1.82, 2.24) is 5.48 Å². The van der Waals surface area contributed by atoms with Crippen LogP contribution in [0.25, 0.3) is 0 Å². The minimum atomic E-state index is -1.11. The predicted molar refractivity (Wildman–Crippen MR) is 35.3 cm³/mol. The van der Waals surface area contributed by atoms with Gasteiger partial charge in [-0.1, -0.05) is 12.7 Å². The molecule has 0 spiro atoms. The summed E-state index contributed by atoms with van der Waals surface area (Å²) >= 11 is 0. The summed E-state index contributed by atoms with van der Waals surface area (Å²) in [5, 5.41) is 0. The van der Waals surface area contributed by atoms with E-state index in [9.17, 15) is 9.59 Å². The summed E-state index contributed by atoms with van der Waals surface area (Å²) in [7, 11) is 0. The van der Waals surface area contributed by atoms with Crippen LogP contribution in [0.1, 0.15) is 0 Å². The van der Waals surface area contributed by atoms with Gasteiger partial charge in [-0.2, -0.15) is 0 Å². The van der Waals surface area contributed by atoms with Gasteiger partial charge < -0.3 is 15.3 Å². The number of ether oxygens (including phenoxy) is 1. The maximum Gasteiger partial charge on any atom is 0.441 e. The van der Waals surface area contributed by atoms with Gasteiger partial charge in [-0.05, 0) is 0 Å². The van der Waals surface area contributed by atoms with Crippen LogP contribution in [0.3, 0.4) is 0 Å². The Morgan fingerprint density at radius 1 is 1.64 bits per heavy atom. The van der Waals surface area contributed by atoms with Crippen molar-refractivity contribution in [3.05, 3.63) is 12.7 Å². The SMILES string of the molecule is C=CCOC(=O)NOC(N)=O. The number of primary amides is 1. The number of rotatable bonds is 2. The zero-order valence-corrected chi connectivity index (χ0v) is 5.70. The van der Waals surface area contributed by atoms with Crippen molar-refractivity contribution in [2.45, 2.75) is 0 Å². The lowest BCUT2D eigenvalue weighted by Crippen LogP contribution is -2.30. The van der Waals surface area contributed by atoms with E-state index in [1.807, 2.05) is 0 Å². The van der Waals surface area contributed by atoms with Crippen LogP contribution >= 0.6 is 0 Å². The molecular weight excluding hydrogens is 152 g/mol. The van der Waals surface area contributed by atoms with Gasteiger partial charge in [-0.15, -0.1) is 5.48 Å². The Morgan fingerprint density at radius 3 is 2.73 bits per heavy atom. The van der Waals surface area contributed by atoms with Crippen molar-refractivity contribution >= 4 is 12.2 Å². The van der Waals surface area contributed by atoms with Gasteiger partial charge in [-0.3, -0.25) is 0 Å². The summed E-state index contributed by atoms with van der Waals surface area (Å²) in [6, 6.07) is 0. The molecule has 0 radical (unpaired) electrons. The van der Waals surface area contributed by atoms with E-state index in [0.29, 0.717) is 0 Å². The van der Waals surface area contributed by atoms with Gasteiger partial charge in [0.05, 0.1) is 0 Å². The summed E-state index contributed by atoms with van der Waals surface area (Å²) in [5.41, 5.74) is 6.15. The second-order valence-corrected chi connectivity index (χ2v) is 1.41. The predicted octanol–water partition coefficient (Wildman–Crippen LogP) is -0.0911. The first kappa shape index (κ1) is 9.28. The molecule has 62 valence electrons. The molecule has 11 heavy (non-hydrogen) atoms. The monoisotopic (exact) mass is 160 g/mol. The number of hydrogen-bond donors (Lipinski definition) is 2. The number of carbonyl (C=O) groups is 2. The van der Waals surface area contributed by atoms with Crippen molar-refractivity contribution in [1.29, 1.82) is 0 Å². The van der Waals surface area contributed by atoms with E-state index in [-0.39, 0.29) is 6.61 Å². The van der Waals surface area contributed by atoms with Crippen LogP contribution in [-0.2, 0) is 9.57 Å². The lowest BCUT2D eigenvalue weighted by molar-refractivity contribution is 0.0730. The van der Waals surface area contributed by atoms with Crippen LogP contribution in [-0.4, -0.2) is 18.8 Å². The van der Waals surface area contributed by atoms with Gasteiger partial charge in [0.1, 0.15) is 6.61 Å². The summed E-state index contributed by atoms with van der Waals surface area (Å²) in [4.78, 5) is 24.2. The standard InChI is InChI=1S/C5H8N2O4/c1-2-3-10-5(9)7-11-4(6)8/h2H,1,3H2,(H2,6,8)(H,7,9). The quantitative estimate of drug-likeness (QED) is 0.436. The maximum atomic E-state index is 10.4. The highest BCUT2D eigenvalue weighted by atomic mass is 16.7. The highest BCUT2D eigenvalue weighted by Crippen LogP contribution is 1.77. The molecule has 6 heteroatoms. The van der Waals surface area contributed by atoms with Gasteiger partial charge in [0.15, 0.2) is 0 Å². The molecule has 0 aromatic rings. The zero-order chi connectivity index (χ0) is 8.69. The van der Waals surface area contributed by atoms with E-state index in [4.69, 9.17) is 0 Å². The third kappa shape index (κ3) is 6.16. The zero-order valence-electron chi connectivity index (χ0n) is 5.70. The first-order valence-corrected chi connectivity index (χ1v) is 2.66. The van der Waals surface area contributed by atoms with E-state index in [1.165, 1.54) is 6.08 Å². The van der Waals surface area contributed by atoms with E-state index in [1.54, 1.807) is 5.48 Å². The fourth-order valence-electron chi connectivity index (χ4n) is 0.256. The molecule has 0 aromatic carbocycles. The van der Waals surface area contributed by atoms with Gasteiger partial charge in [0, 0.05) is 0 Å². The van der Waals surface area contributed by atoms with Crippen LogP contribution in [0.4, 0.5) is 9.59 Å². The molecule has 0 bridgehead atoms. The Morgan fingerprint density at radius 2 is 2.27 bits per heavy atom. The number of amides is 2. The molecule has 6 nitrogen and oxygen atoms in total. The number of hydrogen-bond acceptors (Lipinski definition) is 4. The molecule has 0 aromatic heterocycles. The molecule has 2 amide bonds. The highest BCUT2D eigenvalue weighted by molar-refractivity contribution is 5.70. The minimum absolute atomic E-state index is 0.0357. The Balaban J connectivity index is 3.37. The molecule has 0 saturated carbocycles. The third-order valence-electron chi connectivity index (χ3n) is 0.567. The molecule has 0 aliphatic rings. The number of nitrogens with one attached hydrogen (secondary N) is 1. The van der Waals surface area contributed by atoms with Gasteiger partial charge >= 0.3 is 12.2 Å². The van der Waals surface area contributed by atoms with Crippen LogP contribution < -0.4 is 11.2 Å². The van der Waals surface area contributed by atoms with Gasteiger partial charge in [0.25, 0.3) is 0 Å². The van der Waals surface area contributed by atoms with E-state index in [2.05, 4.69) is 21.9 Å². The fraction of sp³-hybridized carbons (Fsp3) is 0.200. The maximum absolute atomic E-state index is 10.4. The average Bonchev–Trinajstić information content (AvgIpc) is 1.97. The van der Waals surface area contributed by atoms with Crippen molar-refractivity contribution in [2.75, 3.05) is 6.61 Å². The van der Waals surface area contributed by atoms with Crippen LogP contribution in [0.15, 0.2) is 12.7 Å². The van der Waals surface area contributed by atoms with E-state index >= 15 is 0 Å². The molecule has 0 saturated heterocycles. The molecule has 0 heterocycles. The minimum Gasteiger partial charge on any atom is -0.443 e. The third-order valence-corrected chi connectivity index (χ3v) is 0.567. The molecule has 0 atom stereocenters. The van der Waals surface area contributed by atoms with Gasteiger partial charge in [0.2, 0.25) is 0 Å². The summed E-state index contributed by atoms with van der Waals surface area (Å²) in [5.74, 6) is 0. The molecule has 0 aliphatic carbocycles. The van der Waals surface area contributed by atoms with E-state index in [0.717, 1.165) is 0 Å². The lowest BCUT2D eigenvalue weighted by atomic mass is 10.7. The molecule has 3 N–H and O–H groups in total. The highest BCUT2D eigenvalue weighted by Gasteiger charge is 2.01. The summed E-state index contributed by atoms with van der Waals surface area (Å²) in [6.07, 6.45) is -0.645. The second kappa shape index (κ2) is 5.10. The molecule has 0 unspecified atom stereocenters. The number of carbonyl (C=O) groups excluding carboxylic acids is 2. The Bertz CT molecular complexity index is 168. The Kier molecular flexibility index (Phi) is 4.30. The lowest BCUT2D eigenvalue weighted by Gasteiger charge is -2.01. The van der Waals surface area contributed by atoms with Crippen LogP contribution in [0, 0.1) is 0 Å². The summed E-state index contributed by atoms with van der Waals surface area (Å²) < 4.78 is 4.34. The number of hydroxylamine groups is 1. The molecule has 0 rings (SSSR count). The van der Waals surface area contributed by atoms with Crippen LogP contribution in [0.5, 0.6) is 0 Å². The smallest absolute Gasteiger partial charge is 0.441 e. The Hall–Kier alpha value is -1.72. The Labute approximate surface area is 62.9 Å². The van der Waals surface area contributed by atoms with Gasteiger partial charge in [-0.25, -0.2) is 9.59 Å². The van der Waals surface area contributed by atoms with E-state index < -0.39 is 12.2 Å². The molecule has 0 fully saturated rings. The van der Waals surface area contributed by atoms with Crippen molar-refractivity contribution < 1.29 is 19.2 Å². The topological polar surface area (TPSA) is 90.7 Å². The number of nitrogens with two attached hydrogens (primary N) is 1. The second-order valence-electron chi connectivity index (χ2n) is 1.41.